The molecule has 1 aliphatic rings. The standard InChI is InChI=1S/C17H21N3O3/c1-12-19-15-7-3-2-6-14(15)17(22)20(12)9-8-16(21)18-11-13-5-4-10-23-13/h2-3,6-7,13H,4-5,8-11H2,1H3,(H,18,21). The van der Waals surface area contributed by atoms with Crippen LogP contribution < -0.4 is 10.9 Å². The van der Waals surface area contributed by atoms with Crippen molar-refractivity contribution in [2.45, 2.75) is 38.8 Å². The summed E-state index contributed by atoms with van der Waals surface area (Å²) >= 11 is 0. The van der Waals surface area contributed by atoms with Crippen molar-refractivity contribution in [2.75, 3.05) is 13.2 Å². The van der Waals surface area contributed by atoms with Crippen LogP contribution in [0.25, 0.3) is 10.9 Å². The number of aromatic nitrogens is 2. The first-order valence-electron chi connectivity index (χ1n) is 7.99. The molecule has 1 unspecified atom stereocenters. The number of hydrogen-bond donors (Lipinski definition) is 1. The van der Waals surface area contributed by atoms with Crippen LogP contribution in [-0.2, 0) is 16.1 Å². The molecule has 0 bridgehead atoms. The summed E-state index contributed by atoms with van der Waals surface area (Å²) in [5.41, 5.74) is 0.592. The number of para-hydroxylation sites is 1. The van der Waals surface area contributed by atoms with Crippen LogP contribution in [0, 0.1) is 6.92 Å². The summed E-state index contributed by atoms with van der Waals surface area (Å²) < 4.78 is 7.04. The Balaban J connectivity index is 1.64. The topological polar surface area (TPSA) is 73.2 Å². The van der Waals surface area contributed by atoms with E-state index in [-0.39, 0.29) is 24.0 Å². The van der Waals surface area contributed by atoms with Gasteiger partial charge in [-0.15, -0.1) is 0 Å². The van der Waals surface area contributed by atoms with E-state index in [1.807, 2.05) is 18.2 Å². The van der Waals surface area contributed by atoms with Gasteiger partial charge in [0.1, 0.15) is 5.82 Å². The highest BCUT2D eigenvalue weighted by molar-refractivity contribution is 5.77. The van der Waals surface area contributed by atoms with Crippen LogP contribution in [0.4, 0.5) is 0 Å². The minimum atomic E-state index is -0.0972. The van der Waals surface area contributed by atoms with Crippen molar-refractivity contribution in [2.24, 2.45) is 0 Å². The predicted octanol–water partition coefficient (Wildman–Crippen LogP) is 1.39. The molecule has 6 nitrogen and oxygen atoms in total. The molecule has 2 aromatic rings. The minimum absolute atomic E-state index is 0.0695. The van der Waals surface area contributed by atoms with Gasteiger partial charge in [0.15, 0.2) is 0 Å². The summed E-state index contributed by atoms with van der Waals surface area (Å²) in [5.74, 6) is 0.556. The van der Waals surface area contributed by atoms with E-state index in [2.05, 4.69) is 10.3 Å². The van der Waals surface area contributed by atoms with Crippen LogP contribution in [0.5, 0.6) is 0 Å². The van der Waals surface area contributed by atoms with Gasteiger partial charge in [0.2, 0.25) is 5.91 Å². The Labute approximate surface area is 134 Å². The molecule has 0 spiro atoms. The molecule has 1 saturated heterocycles. The van der Waals surface area contributed by atoms with Crippen molar-refractivity contribution in [3.63, 3.8) is 0 Å². The molecule has 1 aliphatic heterocycles. The second-order valence-electron chi connectivity index (χ2n) is 5.82. The fourth-order valence-electron chi connectivity index (χ4n) is 2.88. The molecule has 3 rings (SSSR count). The van der Waals surface area contributed by atoms with Crippen LogP contribution in [0.3, 0.4) is 0 Å². The monoisotopic (exact) mass is 315 g/mol. The van der Waals surface area contributed by atoms with E-state index in [9.17, 15) is 9.59 Å². The average Bonchev–Trinajstić information content (AvgIpc) is 3.06. The Morgan fingerprint density at radius 1 is 1.43 bits per heavy atom. The molecule has 1 amide bonds. The largest absolute Gasteiger partial charge is 0.376 e. The highest BCUT2D eigenvalue weighted by Crippen LogP contribution is 2.11. The molecule has 2 heterocycles. The van der Waals surface area contributed by atoms with Crippen molar-refractivity contribution < 1.29 is 9.53 Å². The maximum absolute atomic E-state index is 12.5. The van der Waals surface area contributed by atoms with Gasteiger partial charge in [0, 0.05) is 26.1 Å². The first-order chi connectivity index (χ1) is 11.1. The van der Waals surface area contributed by atoms with Crippen molar-refractivity contribution in [3.05, 3.63) is 40.4 Å². The van der Waals surface area contributed by atoms with Crippen LogP contribution in [0.1, 0.15) is 25.1 Å². The van der Waals surface area contributed by atoms with Crippen molar-refractivity contribution in [1.29, 1.82) is 0 Å². The number of nitrogens with one attached hydrogen (secondary N) is 1. The summed E-state index contributed by atoms with van der Waals surface area (Å²) in [4.78, 5) is 28.9. The van der Waals surface area contributed by atoms with Gasteiger partial charge in [-0.2, -0.15) is 0 Å². The van der Waals surface area contributed by atoms with E-state index in [1.54, 1.807) is 17.6 Å². The molecule has 0 radical (unpaired) electrons. The second-order valence-corrected chi connectivity index (χ2v) is 5.82. The normalized spacial score (nSPS) is 17.5. The predicted molar refractivity (Wildman–Crippen MR) is 87.3 cm³/mol. The Kier molecular flexibility index (Phi) is 4.71. The molecule has 6 heteroatoms. The van der Waals surface area contributed by atoms with Crippen molar-refractivity contribution in [1.82, 2.24) is 14.9 Å². The van der Waals surface area contributed by atoms with Crippen LogP contribution in [0.15, 0.2) is 29.1 Å². The Morgan fingerprint density at radius 2 is 2.26 bits per heavy atom. The SMILES string of the molecule is Cc1nc2ccccc2c(=O)n1CCC(=O)NCC1CCCO1. The zero-order valence-corrected chi connectivity index (χ0v) is 13.2. The van der Waals surface area contributed by atoms with E-state index in [0.29, 0.717) is 29.8 Å². The maximum atomic E-state index is 12.5. The summed E-state index contributed by atoms with van der Waals surface area (Å²) in [5, 5.41) is 3.45. The van der Waals surface area contributed by atoms with E-state index in [1.165, 1.54) is 0 Å². The summed E-state index contributed by atoms with van der Waals surface area (Å²) in [6.45, 7) is 3.44. The maximum Gasteiger partial charge on any atom is 0.261 e. The lowest BCUT2D eigenvalue weighted by Crippen LogP contribution is -2.33. The summed E-state index contributed by atoms with van der Waals surface area (Å²) in [6, 6.07) is 7.26. The van der Waals surface area contributed by atoms with Crippen LogP contribution in [0.2, 0.25) is 0 Å². The first kappa shape index (κ1) is 15.7. The molecular weight excluding hydrogens is 294 g/mol. The molecule has 23 heavy (non-hydrogen) atoms. The van der Waals surface area contributed by atoms with Crippen LogP contribution in [-0.4, -0.2) is 34.7 Å². The smallest absolute Gasteiger partial charge is 0.261 e. The molecule has 122 valence electrons. The van der Waals surface area contributed by atoms with Crippen molar-refractivity contribution >= 4 is 16.8 Å². The quantitative estimate of drug-likeness (QED) is 0.905. The number of aryl methyl sites for hydroxylation is 1. The zero-order valence-electron chi connectivity index (χ0n) is 13.2. The number of nitrogens with zero attached hydrogens (tertiary/aromatic N) is 2. The van der Waals surface area contributed by atoms with Gasteiger partial charge in [0.05, 0.1) is 17.0 Å². The summed E-state index contributed by atoms with van der Waals surface area (Å²) in [7, 11) is 0. The Morgan fingerprint density at radius 3 is 3.04 bits per heavy atom. The molecule has 0 saturated carbocycles. The molecular formula is C17H21N3O3. The van der Waals surface area contributed by atoms with Gasteiger partial charge >= 0.3 is 0 Å². The third-order valence-corrected chi connectivity index (χ3v) is 4.17. The van der Waals surface area contributed by atoms with Gasteiger partial charge in [-0.1, -0.05) is 12.1 Å². The fourth-order valence-corrected chi connectivity index (χ4v) is 2.88. The van der Waals surface area contributed by atoms with E-state index >= 15 is 0 Å². The minimum Gasteiger partial charge on any atom is -0.376 e. The molecule has 1 aromatic heterocycles. The number of carbonyl (C=O) groups excluding carboxylic acids is 1. The van der Waals surface area contributed by atoms with Crippen LogP contribution >= 0.6 is 0 Å². The summed E-state index contributed by atoms with van der Waals surface area (Å²) in [6.07, 6.45) is 2.43. The van der Waals surface area contributed by atoms with E-state index < -0.39 is 0 Å². The van der Waals surface area contributed by atoms with Gasteiger partial charge in [0.25, 0.3) is 5.56 Å². The second kappa shape index (κ2) is 6.91. The number of benzene rings is 1. The van der Waals surface area contributed by atoms with Crippen molar-refractivity contribution in [3.8, 4) is 0 Å². The molecule has 1 fully saturated rings. The zero-order chi connectivity index (χ0) is 16.2. The first-order valence-corrected chi connectivity index (χ1v) is 7.99. The van der Waals surface area contributed by atoms with Gasteiger partial charge in [-0.05, 0) is 31.9 Å². The van der Waals surface area contributed by atoms with Gasteiger partial charge < -0.3 is 10.1 Å². The number of ether oxygens (including phenoxy) is 1. The number of amides is 1. The number of rotatable bonds is 5. The number of carbonyl (C=O) groups is 1. The van der Waals surface area contributed by atoms with Gasteiger partial charge in [-0.25, -0.2) is 4.98 Å². The lowest BCUT2D eigenvalue weighted by atomic mass is 10.2. The third kappa shape index (κ3) is 3.59. The molecule has 0 aliphatic carbocycles. The Hall–Kier alpha value is -2.21. The number of fused-ring (bicyclic) bond motifs is 1. The highest BCUT2D eigenvalue weighted by atomic mass is 16.5. The Bertz CT molecular complexity index is 763. The lowest BCUT2D eigenvalue weighted by Gasteiger charge is -2.12. The lowest BCUT2D eigenvalue weighted by molar-refractivity contribution is -0.121. The average molecular weight is 315 g/mol. The van der Waals surface area contributed by atoms with E-state index in [4.69, 9.17) is 4.74 Å². The molecule has 1 N–H and O–H groups in total. The van der Waals surface area contributed by atoms with Gasteiger partial charge in [-0.3, -0.25) is 14.2 Å². The molecule has 1 aromatic carbocycles. The fraction of sp³-hybridized carbons (Fsp3) is 0.471. The van der Waals surface area contributed by atoms with E-state index in [0.717, 1.165) is 19.4 Å². The number of hydrogen-bond acceptors (Lipinski definition) is 4. The molecule has 1 atom stereocenters. The highest BCUT2D eigenvalue weighted by Gasteiger charge is 2.16. The third-order valence-electron chi connectivity index (χ3n) is 4.17.